The van der Waals surface area contributed by atoms with E-state index < -0.39 is 0 Å². The first-order valence-corrected chi connectivity index (χ1v) is 4.63. The van der Waals surface area contributed by atoms with Crippen LogP contribution in [0, 0.1) is 0 Å². The Balaban J connectivity index is 2.55. The Morgan fingerprint density at radius 2 is 2.29 bits per heavy atom. The van der Waals surface area contributed by atoms with Gasteiger partial charge < -0.3 is 14.8 Å². The minimum atomic E-state index is 0.108. The lowest BCUT2D eigenvalue weighted by atomic mass is 10.3. The van der Waals surface area contributed by atoms with Gasteiger partial charge in [-0.25, -0.2) is 0 Å². The fourth-order valence-corrected chi connectivity index (χ4v) is 1.20. The molecule has 1 amide bonds. The summed E-state index contributed by atoms with van der Waals surface area (Å²) in [7, 11) is 5.43. The minimum Gasteiger partial charge on any atom is -0.347 e. The van der Waals surface area contributed by atoms with Crippen LogP contribution in [0.4, 0.5) is 0 Å². The number of carbonyl (C=O) groups is 1. The van der Waals surface area contributed by atoms with Crippen molar-refractivity contribution in [3.63, 3.8) is 0 Å². The Morgan fingerprint density at radius 3 is 2.86 bits per heavy atom. The van der Waals surface area contributed by atoms with Crippen molar-refractivity contribution in [1.82, 2.24) is 14.8 Å². The Kier molecular flexibility index (Phi) is 3.71. The molecule has 0 atom stereocenters. The highest BCUT2D eigenvalue weighted by atomic mass is 16.2. The number of hydrogen-bond donors (Lipinski definition) is 1. The van der Waals surface area contributed by atoms with Crippen LogP contribution in [0.5, 0.6) is 0 Å². The Labute approximate surface area is 84.5 Å². The quantitative estimate of drug-likeness (QED) is 0.750. The molecule has 4 nitrogen and oxygen atoms in total. The van der Waals surface area contributed by atoms with E-state index in [1.165, 1.54) is 5.56 Å². The van der Waals surface area contributed by atoms with Crippen molar-refractivity contribution in [2.75, 3.05) is 21.1 Å². The third-order valence-corrected chi connectivity index (χ3v) is 2.01. The fraction of sp³-hybridized carbons (Fsp3) is 0.500. The highest BCUT2D eigenvalue weighted by molar-refractivity contribution is 5.75. The molecule has 0 saturated carbocycles. The van der Waals surface area contributed by atoms with E-state index in [-0.39, 0.29) is 5.91 Å². The van der Waals surface area contributed by atoms with Crippen molar-refractivity contribution in [1.29, 1.82) is 0 Å². The molecule has 0 unspecified atom stereocenters. The first kappa shape index (κ1) is 10.8. The Bertz CT molecular complexity index is 304. The summed E-state index contributed by atoms with van der Waals surface area (Å²) in [6.07, 6.45) is 3.91. The lowest BCUT2D eigenvalue weighted by Gasteiger charge is -2.10. The maximum absolute atomic E-state index is 11.4. The summed E-state index contributed by atoms with van der Waals surface area (Å²) in [6, 6.07) is 2.01. The van der Waals surface area contributed by atoms with Gasteiger partial charge in [0.05, 0.1) is 0 Å². The van der Waals surface area contributed by atoms with E-state index in [1.54, 1.807) is 19.0 Å². The number of nitrogens with one attached hydrogen (secondary N) is 1. The van der Waals surface area contributed by atoms with Gasteiger partial charge in [-0.3, -0.25) is 4.79 Å². The number of hydrogen-bond acceptors (Lipinski definition) is 2. The molecule has 1 N–H and O–H groups in total. The van der Waals surface area contributed by atoms with E-state index in [4.69, 9.17) is 0 Å². The highest BCUT2D eigenvalue weighted by Gasteiger charge is 2.04. The summed E-state index contributed by atoms with van der Waals surface area (Å²) in [6.45, 7) is 1.25. The third kappa shape index (κ3) is 2.88. The first-order chi connectivity index (χ1) is 6.63. The molecule has 0 fully saturated rings. The largest absolute Gasteiger partial charge is 0.347 e. The fourth-order valence-electron chi connectivity index (χ4n) is 1.20. The highest BCUT2D eigenvalue weighted by Crippen LogP contribution is 2.01. The summed E-state index contributed by atoms with van der Waals surface area (Å²) in [4.78, 5) is 13.0. The molecule has 0 saturated heterocycles. The van der Waals surface area contributed by atoms with Crippen LogP contribution in [0.25, 0.3) is 0 Å². The second-order valence-corrected chi connectivity index (χ2v) is 3.51. The molecule has 78 valence electrons. The van der Waals surface area contributed by atoms with Crippen LogP contribution in [0.1, 0.15) is 5.56 Å². The van der Waals surface area contributed by atoms with Gasteiger partial charge in [0, 0.05) is 33.0 Å². The summed E-state index contributed by atoms with van der Waals surface area (Å²) in [5.41, 5.74) is 1.19. The van der Waals surface area contributed by atoms with Crippen LogP contribution in [0.15, 0.2) is 18.5 Å². The molecule has 1 heterocycles. The van der Waals surface area contributed by atoms with Gasteiger partial charge in [-0.2, -0.15) is 0 Å². The van der Waals surface area contributed by atoms with Gasteiger partial charge in [0.15, 0.2) is 0 Å². The van der Waals surface area contributed by atoms with E-state index in [2.05, 4.69) is 5.32 Å². The summed E-state index contributed by atoms with van der Waals surface area (Å²) >= 11 is 0. The third-order valence-electron chi connectivity index (χ3n) is 2.01. The topological polar surface area (TPSA) is 37.3 Å². The first-order valence-electron chi connectivity index (χ1n) is 4.63. The molecule has 14 heavy (non-hydrogen) atoms. The maximum atomic E-state index is 11.4. The number of aromatic nitrogens is 1. The zero-order chi connectivity index (χ0) is 10.6. The summed E-state index contributed by atoms with van der Waals surface area (Å²) in [5, 5.41) is 3.06. The number of likely N-dealkylation sites (N-methyl/N-ethyl adjacent to an activating group) is 1. The Morgan fingerprint density at radius 1 is 1.57 bits per heavy atom. The molecular weight excluding hydrogens is 178 g/mol. The Hall–Kier alpha value is -1.29. The molecule has 1 aromatic rings. The lowest BCUT2D eigenvalue weighted by molar-refractivity contribution is -0.129. The SMILES string of the molecule is CNCc1ccn(CC(=O)N(C)C)c1. The van der Waals surface area contributed by atoms with Crippen LogP contribution in [0.2, 0.25) is 0 Å². The molecule has 0 spiro atoms. The van der Waals surface area contributed by atoms with E-state index in [1.807, 2.05) is 30.1 Å². The molecule has 1 rings (SSSR count). The van der Waals surface area contributed by atoms with E-state index in [0.717, 1.165) is 6.54 Å². The van der Waals surface area contributed by atoms with Crippen molar-refractivity contribution in [2.45, 2.75) is 13.1 Å². The molecular formula is C10H17N3O. The second-order valence-electron chi connectivity index (χ2n) is 3.51. The van der Waals surface area contributed by atoms with Crippen LogP contribution < -0.4 is 5.32 Å². The van der Waals surface area contributed by atoms with Crippen LogP contribution in [0.3, 0.4) is 0 Å². The van der Waals surface area contributed by atoms with E-state index in [0.29, 0.717) is 6.54 Å². The second kappa shape index (κ2) is 4.81. The van der Waals surface area contributed by atoms with Gasteiger partial charge in [0.1, 0.15) is 6.54 Å². The van der Waals surface area contributed by atoms with Crippen LogP contribution in [-0.4, -0.2) is 36.5 Å². The van der Waals surface area contributed by atoms with Crippen molar-refractivity contribution in [2.24, 2.45) is 0 Å². The van der Waals surface area contributed by atoms with Gasteiger partial charge in [-0.1, -0.05) is 0 Å². The maximum Gasteiger partial charge on any atom is 0.241 e. The van der Waals surface area contributed by atoms with E-state index >= 15 is 0 Å². The molecule has 0 aliphatic carbocycles. The lowest BCUT2D eigenvalue weighted by Crippen LogP contribution is -2.25. The average Bonchev–Trinajstić information content (AvgIpc) is 2.53. The van der Waals surface area contributed by atoms with Gasteiger partial charge in [-0.15, -0.1) is 0 Å². The molecule has 4 heteroatoms. The zero-order valence-electron chi connectivity index (χ0n) is 8.95. The molecule has 0 radical (unpaired) electrons. The molecule has 0 aliphatic heterocycles. The van der Waals surface area contributed by atoms with Crippen molar-refractivity contribution < 1.29 is 4.79 Å². The van der Waals surface area contributed by atoms with Crippen molar-refractivity contribution >= 4 is 5.91 Å². The van der Waals surface area contributed by atoms with Crippen LogP contribution >= 0.6 is 0 Å². The van der Waals surface area contributed by atoms with Crippen molar-refractivity contribution in [3.05, 3.63) is 24.0 Å². The number of rotatable bonds is 4. The van der Waals surface area contributed by atoms with Crippen molar-refractivity contribution in [3.8, 4) is 0 Å². The minimum absolute atomic E-state index is 0.108. The van der Waals surface area contributed by atoms with Gasteiger partial charge in [0.25, 0.3) is 0 Å². The van der Waals surface area contributed by atoms with E-state index in [9.17, 15) is 4.79 Å². The van der Waals surface area contributed by atoms with Gasteiger partial charge >= 0.3 is 0 Å². The van der Waals surface area contributed by atoms with Gasteiger partial charge in [0.2, 0.25) is 5.91 Å². The summed E-state index contributed by atoms with van der Waals surface area (Å²) < 4.78 is 1.90. The smallest absolute Gasteiger partial charge is 0.241 e. The number of carbonyl (C=O) groups excluding carboxylic acids is 1. The molecule has 0 aromatic carbocycles. The normalized spacial score (nSPS) is 10.2. The summed E-state index contributed by atoms with van der Waals surface area (Å²) in [5.74, 6) is 0.108. The van der Waals surface area contributed by atoms with Crippen LogP contribution in [-0.2, 0) is 17.9 Å². The standard InChI is InChI=1S/C10H17N3O/c1-11-6-9-4-5-13(7-9)8-10(14)12(2)3/h4-5,7,11H,6,8H2,1-3H3. The monoisotopic (exact) mass is 195 g/mol. The average molecular weight is 195 g/mol. The molecule has 0 bridgehead atoms. The zero-order valence-corrected chi connectivity index (χ0v) is 8.95. The molecule has 1 aromatic heterocycles. The number of amides is 1. The predicted octanol–water partition coefficient (Wildman–Crippen LogP) is 0.296. The number of nitrogens with zero attached hydrogens (tertiary/aromatic N) is 2. The predicted molar refractivity (Wildman–Crippen MR) is 55.9 cm³/mol. The molecule has 0 aliphatic rings. The van der Waals surface area contributed by atoms with Gasteiger partial charge in [-0.05, 0) is 18.7 Å².